The first-order valence-corrected chi connectivity index (χ1v) is 36.2. The molecule has 3 aromatic rings. The van der Waals surface area contributed by atoms with Crippen LogP contribution in [-0.2, 0) is 80.0 Å². The van der Waals surface area contributed by atoms with Crippen molar-refractivity contribution in [1.82, 2.24) is 68.8 Å². The third-order valence-electron chi connectivity index (χ3n) is 15.8. The molecule has 2 aromatic carbocycles. The van der Waals surface area contributed by atoms with Crippen LogP contribution in [0.2, 0.25) is 0 Å². The second-order valence-corrected chi connectivity index (χ2v) is 29.0. The third kappa shape index (κ3) is 24.3. The van der Waals surface area contributed by atoms with Crippen molar-refractivity contribution in [2.45, 2.75) is 172 Å². The van der Waals surface area contributed by atoms with Crippen molar-refractivity contribution in [3.63, 3.8) is 0 Å². The summed E-state index contributed by atoms with van der Waals surface area (Å²) in [4.78, 5) is 199. The highest BCUT2D eigenvalue weighted by molar-refractivity contribution is 8.77. The minimum Gasteiger partial charge on any atom is -0.508 e. The summed E-state index contributed by atoms with van der Waals surface area (Å²) in [6, 6.07) is -7.30. The molecule has 0 aliphatic carbocycles. The molecule has 2 bridgehead atoms. The molecular formula is C61H87N15O17S4. The summed E-state index contributed by atoms with van der Waals surface area (Å²) < 4.78 is 0. The topological polar surface area (TPSA) is 512 Å². The van der Waals surface area contributed by atoms with Gasteiger partial charge in [-0.3, -0.25) is 67.1 Å². The minimum atomic E-state index is -1.81. The molecule has 5 rings (SSSR count). The largest absolute Gasteiger partial charge is 0.508 e. The standard InChI is InChI=1S/C61H87N15O17S4/c1-9-28(4)47-60(92)68-39(18-19-45(79)80)54(86)66-29(5)50(82)65-30(6)52(84)72-43-25-96-97-26-44(58(90)75-47)73-55(87)40(20-33-14-16-35(78)17-15-33)69-51(83)31(7)67-59(91)46(27(2)3)74-53(85)37(62)23-94-95-24-42(49(63)81)71-61(93)48(32(8)77)76-56(88)41(70-57(43)89)21-34-22-64-38-13-11-10-12-36(34)38/h10-17,22,27-32,37,39-44,46-48,64,77-78H,9,18-21,23-26,62H2,1-8H3,(H2,63,81)(H,65,82)(H,66,86)(H,67,91)(H,68,92)(H,69,83)(H,70,89)(H,71,93)(H,72,84)(H,73,87)(H,74,85)(H,75,90)(H,76,88)(H,79,80)/t28-,29-,30-,31-,32+,37-,39-,40-,41-,42-,43-,44-,46-,47-,48-/m0/s1. The maximum atomic E-state index is 15.0. The van der Waals surface area contributed by atoms with E-state index in [1.165, 1.54) is 52.0 Å². The van der Waals surface area contributed by atoms with Gasteiger partial charge in [0.25, 0.3) is 0 Å². The number of carbonyl (C=O) groups is 14. The molecule has 0 radical (unpaired) electrons. The predicted molar refractivity (Wildman–Crippen MR) is 364 cm³/mol. The first-order chi connectivity index (χ1) is 45.8. The van der Waals surface area contributed by atoms with Crippen LogP contribution in [0.15, 0.2) is 54.7 Å². The number of aliphatic hydroxyl groups is 1. The number of aromatic amines is 1. The van der Waals surface area contributed by atoms with Gasteiger partial charge < -0.3 is 95.6 Å². The highest BCUT2D eigenvalue weighted by Gasteiger charge is 2.39. The maximum absolute atomic E-state index is 15.0. The lowest BCUT2D eigenvalue weighted by Crippen LogP contribution is -2.62. The molecule has 3 heterocycles. The van der Waals surface area contributed by atoms with Gasteiger partial charge in [-0.2, -0.15) is 0 Å². The normalized spacial score (nSPS) is 27.7. The van der Waals surface area contributed by atoms with Gasteiger partial charge in [-0.25, -0.2) is 0 Å². The Balaban J connectivity index is 1.66. The molecule has 0 saturated carbocycles. The Hall–Kier alpha value is -8.32. The Morgan fingerprint density at radius 2 is 0.990 bits per heavy atom. The fraction of sp³-hybridized carbons (Fsp3) is 0.541. The monoisotopic (exact) mass is 1430 g/mol. The number of aliphatic carboxylic acids is 1. The number of amides is 13. The number of rotatable bonds is 12. The summed E-state index contributed by atoms with van der Waals surface area (Å²) in [6.07, 6.45) is -1.62. The number of fused-ring (bicyclic) bond motifs is 6. The molecule has 2 saturated heterocycles. The van der Waals surface area contributed by atoms with Crippen molar-refractivity contribution >= 4 is 137 Å². The van der Waals surface area contributed by atoms with Gasteiger partial charge in [0.15, 0.2) is 0 Å². The summed E-state index contributed by atoms with van der Waals surface area (Å²) in [7, 11) is 3.69. The van der Waals surface area contributed by atoms with Crippen molar-refractivity contribution < 1.29 is 82.4 Å². The smallest absolute Gasteiger partial charge is 0.303 e. The molecular weight excluding hydrogens is 1340 g/mol. The molecule has 36 heteroatoms. The minimum absolute atomic E-state index is 0.120. The molecule has 15 atom stereocenters. The summed E-state index contributed by atoms with van der Waals surface area (Å²) in [5.41, 5.74) is 13.5. The van der Waals surface area contributed by atoms with E-state index in [9.17, 15) is 82.4 Å². The number of hydrogen-bond acceptors (Lipinski definition) is 21. The fourth-order valence-corrected chi connectivity index (χ4v) is 14.3. The van der Waals surface area contributed by atoms with Gasteiger partial charge in [-0.15, -0.1) is 0 Å². The zero-order chi connectivity index (χ0) is 72.0. The van der Waals surface area contributed by atoms with Gasteiger partial charge >= 0.3 is 5.97 Å². The van der Waals surface area contributed by atoms with E-state index in [0.29, 0.717) is 22.0 Å². The number of aliphatic hydroxyl groups excluding tert-OH is 1. The Labute approximate surface area is 575 Å². The molecule has 20 N–H and O–H groups in total. The zero-order valence-corrected chi connectivity index (χ0v) is 57.9. The van der Waals surface area contributed by atoms with E-state index < -0.39 is 204 Å². The van der Waals surface area contributed by atoms with Gasteiger partial charge in [-0.1, -0.05) is 108 Å². The number of aromatic hydroxyl groups is 1. The number of carboxylic acids is 1. The van der Waals surface area contributed by atoms with E-state index in [-0.39, 0.29) is 36.5 Å². The van der Waals surface area contributed by atoms with Gasteiger partial charge in [0.05, 0.1) is 12.1 Å². The highest BCUT2D eigenvalue weighted by atomic mass is 33.1. The van der Waals surface area contributed by atoms with Crippen LogP contribution in [0.5, 0.6) is 5.75 Å². The molecule has 0 unspecified atom stereocenters. The Morgan fingerprint density at radius 1 is 0.526 bits per heavy atom. The lowest BCUT2D eigenvalue weighted by molar-refractivity contribution is -0.139. The molecule has 32 nitrogen and oxygen atoms in total. The Kier molecular flexibility index (Phi) is 31.1. The Bertz CT molecular complexity index is 3350. The molecule has 13 amide bonds. The van der Waals surface area contributed by atoms with Crippen molar-refractivity contribution in [2.24, 2.45) is 23.3 Å². The van der Waals surface area contributed by atoms with E-state index in [1.54, 1.807) is 58.2 Å². The number of carboxylic acid groups (broad SMARTS) is 1. The predicted octanol–water partition coefficient (Wildman–Crippen LogP) is -2.91. The van der Waals surface area contributed by atoms with Crippen LogP contribution in [0.4, 0.5) is 0 Å². The van der Waals surface area contributed by atoms with Crippen LogP contribution in [0.25, 0.3) is 10.9 Å². The van der Waals surface area contributed by atoms with Gasteiger partial charge in [0.2, 0.25) is 76.8 Å². The number of H-pyrrole nitrogens is 1. The second kappa shape index (κ2) is 38.0. The quantitative estimate of drug-likeness (QED) is 0.0808. The van der Waals surface area contributed by atoms with Crippen LogP contribution in [0, 0.1) is 11.8 Å². The number of phenols is 1. The number of aromatic nitrogens is 1. The van der Waals surface area contributed by atoms with Crippen molar-refractivity contribution in [3.8, 4) is 5.75 Å². The molecule has 0 spiro atoms. The van der Waals surface area contributed by atoms with Crippen molar-refractivity contribution in [3.05, 3.63) is 65.9 Å². The lowest BCUT2D eigenvalue weighted by Gasteiger charge is -2.30. The van der Waals surface area contributed by atoms with E-state index in [2.05, 4.69) is 68.8 Å². The molecule has 1 aromatic heterocycles. The number of nitrogens with two attached hydrogens (primary N) is 2. The summed E-state index contributed by atoms with van der Waals surface area (Å²) in [6.45, 7) is 11.5. The summed E-state index contributed by atoms with van der Waals surface area (Å²) in [5.74, 6) is -16.7. The number of primary amides is 1. The van der Waals surface area contributed by atoms with E-state index >= 15 is 0 Å². The number of nitrogens with one attached hydrogen (secondary N) is 13. The average Bonchev–Trinajstić information content (AvgIpc) is 1.80. The van der Waals surface area contributed by atoms with Crippen LogP contribution in [0.1, 0.15) is 85.8 Å². The van der Waals surface area contributed by atoms with E-state index in [0.717, 1.165) is 43.2 Å². The number of hydrogen-bond donors (Lipinski definition) is 18. The van der Waals surface area contributed by atoms with Gasteiger partial charge in [-0.05, 0) is 75.3 Å². The lowest BCUT2D eigenvalue weighted by atomic mass is 9.97. The Morgan fingerprint density at radius 3 is 1.59 bits per heavy atom. The van der Waals surface area contributed by atoms with Gasteiger partial charge in [0.1, 0.15) is 78.3 Å². The van der Waals surface area contributed by atoms with Crippen molar-refractivity contribution in [2.75, 3.05) is 23.0 Å². The first kappa shape index (κ1) is 79.4. The van der Waals surface area contributed by atoms with Crippen LogP contribution < -0.4 is 75.3 Å². The molecule has 2 aliphatic heterocycles. The summed E-state index contributed by atoms with van der Waals surface area (Å²) in [5, 5.41) is 62.0. The molecule has 2 fully saturated rings. The number of benzene rings is 2. The van der Waals surface area contributed by atoms with Crippen molar-refractivity contribution in [1.29, 1.82) is 0 Å². The number of phenolic OH excluding ortho intramolecular Hbond substituents is 1. The molecule has 532 valence electrons. The number of para-hydroxylation sites is 1. The molecule has 97 heavy (non-hydrogen) atoms. The average molecular weight is 1430 g/mol. The first-order valence-electron chi connectivity index (χ1n) is 31.2. The van der Waals surface area contributed by atoms with Crippen LogP contribution in [-0.4, -0.2) is 211 Å². The highest BCUT2D eigenvalue weighted by Crippen LogP contribution is 2.26. The molecule has 2 aliphatic rings. The SMILES string of the molecule is CC[C@H](C)[C@@H]1NC(=O)[C@@H]2CSSC[C@H](NC(=O)[C@H](C)NC(=O)[C@H](C)NC(=O)[C@H](CCC(=O)O)NC1=O)C(=O)N[C@@H](Cc1c[nH]c3ccccc13)C(=O)N[C@@H]([C@@H](C)O)C(=O)N[C@H](C(N)=O)CSSC[C@H](N)C(=O)N[C@@H](C(C)C)C(=O)N[C@@H](C)C(=O)N[C@@H](Cc1ccc(O)cc1)C(=O)N2. The zero-order valence-electron chi connectivity index (χ0n) is 54.6. The van der Waals surface area contributed by atoms with Gasteiger partial charge in [0, 0.05) is 59.4 Å². The van der Waals surface area contributed by atoms with E-state index in [4.69, 9.17) is 11.5 Å². The fourth-order valence-electron chi connectivity index (χ4n) is 9.67. The van der Waals surface area contributed by atoms with E-state index in [1.807, 2.05) is 0 Å². The summed E-state index contributed by atoms with van der Waals surface area (Å²) >= 11 is 0. The number of carbonyl (C=O) groups excluding carboxylic acids is 13. The maximum Gasteiger partial charge on any atom is 0.303 e. The second-order valence-electron chi connectivity index (χ2n) is 23.9. The van der Waals surface area contributed by atoms with Crippen LogP contribution in [0.3, 0.4) is 0 Å². The van der Waals surface area contributed by atoms with Crippen LogP contribution >= 0.6 is 43.2 Å². The third-order valence-corrected chi connectivity index (χ3v) is 20.6.